The van der Waals surface area contributed by atoms with Crippen LogP contribution in [0.15, 0.2) is 48.5 Å². The van der Waals surface area contributed by atoms with Gasteiger partial charge in [-0.15, -0.1) is 0 Å². The lowest BCUT2D eigenvalue weighted by molar-refractivity contribution is 0.998. The fourth-order valence-corrected chi connectivity index (χ4v) is 2.41. The summed E-state index contributed by atoms with van der Waals surface area (Å²) >= 11 is 0. The highest BCUT2D eigenvalue weighted by Gasteiger charge is 2.19. The molecule has 0 saturated heterocycles. The van der Waals surface area contributed by atoms with Gasteiger partial charge in [0.25, 0.3) is 0 Å². The second-order valence-corrected chi connectivity index (χ2v) is 4.33. The first kappa shape index (κ1) is 10.2. The average Bonchev–Trinajstić information content (AvgIpc) is 2.83. The van der Waals surface area contributed by atoms with E-state index in [4.69, 9.17) is 0 Å². The van der Waals surface area contributed by atoms with Gasteiger partial charge in [-0.3, -0.25) is 0 Å². The molecular formula is C15H16N2. The van der Waals surface area contributed by atoms with E-state index in [0.717, 1.165) is 18.7 Å². The van der Waals surface area contributed by atoms with Crippen LogP contribution < -0.4 is 10.2 Å². The van der Waals surface area contributed by atoms with Crippen molar-refractivity contribution in [2.24, 2.45) is 0 Å². The lowest BCUT2D eigenvalue weighted by Gasteiger charge is -2.19. The normalized spacial score (nSPS) is 13.6. The van der Waals surface area contributed by atoms with Gasteiger partial charge in [0.05, 0.1) is 0 Å². The number of anilines is 3. The minimum atomic E-state index is 1.08. The van der Waals surface area contributed by atoms with E-state index in [9.17, 15) is 0 Å². The number of nitrogens with zero attached hydrogens (tertiary/aromatic N) is 1. The molecule has 1 aliphatic heterocycles. The summed E-state index contributed by atoms with van der Waals surface area (Å²) < 4.78 is 0. The van der Waals surface area contributed by atoms with Crippen molar-refractivity contribution in [3.8, 4) is 0 Å². The zero-order chi connectivity index (χ0) is 11.7. The van der Waals surface area contributed by atoms with E-state index in [-0.39, 0.29) is 0 Å². The summed E-state index contributed by atoms with van der Waals surface area (Å²) in [5, 5.41) is 3.15. The minimum Gasteiger partial charge on any atom is -0.388 e. The third-order valence-corrected chi connectivity index (χ3v) is 3.35. The SMILES string of the molecule is CNc1ccc(N2CCc3ccccc32)cc1. The minimum absolute atomic E-state index is 1.08. The summed E-state index contributed by atoms with van der Waals surface area (Å²) in [5.74, 6) is 0. The summed E-state index contributed by atoms with van der Waals surface area (Å²) in [4.78, 5) is 2.38. The maximum absolute atomic E-state index is 3.15. The maximum Gasteiger partial charge on any atom is 0.0444 e. The molecule has 0 unspecified atom stereocenters. The van der Waals surface area contributed by atoms with E-state index < -0.39 is 0 Å². The van der Waals surface area contributed by atoms with Crippen molar-refractivity contribution in [1.82, 2.24) is 0 Å². The highest BCUT2D eigenvalue weighted by molar-refractivity contribution is 5.70. The van der Waals surface area contributed by atoms with Crippen LogP contribution in [0.2, 0.25) is 0 Å². The standard InChI is InChI=1S/C15H16N2/c1-16-13-6-8-14(9-7-13)17-11-10-12-4-2-3-5-15(12)17/h2-9,16H,10-11H2,1H3. The summed E-state index contributed by atoms with van der Waals surface area (Å²) in [6.45, 7) is 1.08. The Morgan fingerprint density at radius 1 is 1.00 bits per heavy atom. The van der Waals surface area contributed by atoms with Gasteiger partial charge < -0.3 is 10.2 Å². The molecule has 86 valence electrons. The summed E-state index contributed by atoms with van der Waals surface area (Å²) in [5.41, 5.74) is 5.23. The van der Waals surface area contributed by atoms with Crippen LogP contribution in [-0.4, -0.2) is 13.6 Å². The molecule has 0 fully saturated rings. The smallest absolute Gasteiger partial charge is 0.0444 e. The molecule has 1 heterocycles. The van der Waals surface area contributed by atoms with Gasteiger partial charge in [0.1, 0.15) is 0 Å². The quantitative estimate of drug-likeness (QED) is 0.840. The number of fused-ring (bicyclic) bond motifs is 1. The number of nitrogens with one attached hydrogen (secondary N) is 1. The number of rotatable bonds is 2. The van der Waals surface area contributed by atoms with Crippen molar-refractivity contribution in [2.45, 2.75) is 6.42 Å². The Morgan fingerprint density at radius 2 is 1.76 bits per heavy atom. The van der Waals surface area contributed by atoms with Crippen LogP contribution in [0, 0.1) is 0 Å². The third kappa shape index (κ3) is 1.76. The van der Waals surface area contributed by atoms with Crippen molar-refractivity contribution in [1.29, 1.82) is 0 Å². The van der Waals surface area contributed by atoms with Crippen LogP contribution in [0.1, 0.15) is 5.56 Å². The van der Waals surface area contributed by atoms with E-state index in [1.807, 2.05) is 7.05 Å². The predicted molar refractivity (Wildman–Crippen MR) is 73.1 cm³/mol. The average molecular weight is 224 g/mol. The highest BCUT2D eigenvalue weighted by Crippen LogP contribution is 2.34. The van der Waals surface area contributed by atoms with Gasteiger partial charge in [0, 0.05) is 30.7 Å². The molecule has 1 N–H and O–H groups in total. The second-order valence-electron chi connectivity index (χ2n) is 4.33. The summed E-state index contributed by atoms with van der Waals surface area (Å²) in [6.07, 6.45) is 1.14. The maximum atomic E-state index is 3.15. The Kier molecular flexibility index (Phi) is 2.48. The molecule has 17 heavy (non-hydrogen) atoms. The lowest BCUT2D eigenvalue weighted by atomic mass is 10.2. The molecule has 1 aliphatic rings. The molecule has 0 radical (unpaired) electrons. The fourth-order valence-electron chi connectivity index (χ4n) is 2.41. The summed E-state index contributed by atoms with van der Waals surface area (Å²) in [7, 11) is 1.94. The van der Waals surface area contributed by atoms with E-state index in [1.54, 1.807) is 0 Å². The Balaban J connectivity index is 1.95. The van der Waals surface area contributed by atoms with Crippen LogP contribution >= 0.6 is 0 Å². The van der Waals surface area contributed by atoms with Crippen molar-refractivity contribution < 1.29 is 0 Å². The second kappa shape index (κ2) is 4.13. The molecule has 0 spiro atoms. The highest BCUT2D eigenvalue weighted by atomic mass is 15.2. The van der Waals surface area contributed by atoms with Gasteiger partial charge in [-0.25, -0.2) is 0 Å². The number of para-hydroxylation sites is 1. The molecule has 0 saturated carbocycles. The van der Waals surface area contributed by atoms with E-state index in [0.29, 0.717) is 0 Å². The Bertz CT molecular complexity index is 517. The molecule has 0 bridgehead atoms. The Morgan fingerprint density at radius 3 is 2.53 bits per heavy atom. The van der Waals surface area contributed by atoms with Crippen molar-refractivity contribution in [3.63, 3.8) is 0 Å². The van der Waals surface area contributed by atoms with E-state index in [2.05, 4.69) is 58.7 Å². The monoisotopic (exact) mass is 224 g/mol. The Labute approximate surface area is 102 Å². The Hall–Kier alpha value is -1.96. The first-order chi connectivity index (χ1) is 8.38. The first-order valence-electron chi connectivity index (χ1n) is 6.02. The largest absolute Gasteiger partial charge is 0.388 e. The van der Waals surface area contributed by atoms with Crippen LogP contribution in [0.4, 0.5) is 17.1 Å². The molecule has 2 aromatic carbocycles. The van der Waals surface area contributed by atoms with Crippen LogP contribution in [0.5, 0.6) is 0 Å². The van der Waals surface area contributed by atoms with Crippen LogP contribution in [0.3, 0.4) is 0 Å². The molecule has 2 nitrogen and oxygen atoms in total. The molecule has 2 aromatic rings. The number of hydrogen-bond acceptors (Lipinski definition) is 2. The molecule has 3 rings (SSSR count). The first-order valence-corrected chi connectivity index (χ1v) is 6.02. The van der Waals surface area contributed by atoms with Gasteiger partial charge in [0.2, 0.25) is 0 Å². The lowest BCUT2D eigenvalue weighted by Crippen LogP contribution is -2.12. The predicted octanol–water partition coefficient (Wildman–Crippen LogP) is 3.42. The van der Waals surface area contributed by atoms with Crippen molar-refractivity contribution in [2.75, 3.05) is 23.8 Å². The van der Waals surface area contributed by atoms with Crippen LogP contribution in [-0.2, 0) is 6.42 Å². The van der Waals surface area contributed by atoms with E-state index in [1.165, 1.54) is 16.9 Å². The summed E-state index contributed by atoms with van der Waals surface area (Å²) in [6, 6.07) is 17.2. The van der Waals surface area contributed by atoms with Crippen LogP contribution in [0.25, 0.3) is 0 Å². The molecule has 0 atom stereocenters. The fraction of sp³-hybridized carbons (Fsp3) is 0.200. The van der Waals surface area contributed by atoms with Crippen molar-refractivity contribution in [3.05, 3.63) is 54.1 Å². The molecule has 2 heteroatoms. The molecule has 0 aromatic heterocycles. The zero-order valence-electron chi connectivity index (χ0n) is 9.98. The zero-order valence-corrected chi connectivity index (χ0v) is 9.98. The molecule has 0 aliphatic carbocycles. The number of hydrogen-bond donors (Lipinski definition) is 1. The topological polar surface area (TPSA) is 15.3 Å². The van der Waals surface area contributed by atoms with Gasteiger partial charge in [-0.2, -0.15) is 0 Å². The molecule has 0 amide bonds. The van der Waals surface area contributed by atoms with Gasteiger partial charge in [-0.1, -0.05) is 18.2 Å². The van der Waals surface area contributed by atoms with E-state index >= 15 is 0 Å². The van der Waals surface area contributed by atoms with Gasteiger partial charge in [0.15, 0.2) is 0 Å². The van der Waals surface area contributed by atoms with Gasteiger partial charge >= 0.3 is 0 Å². The van der Waals surface area contributed by atoms with Gasteiger partial charge in [-0.05, 0) is 42.3 Å². The third-order valence-electron chi connectivity index (χ3n) is 3.35. The number of benzene rings is 2. The molecular weight excluding hydrogens is 208 g/mol. The van der Waals surface area contributed by atoms with Crippen molar-refractivity contribution >= 4 is 17.1 Å².